The van der Waals surface area contributed by atoms with E-state index in [-0.39, 0.29) is 13.0 Å². The van der Waals surface area contributed by atoms with Gasteiger partial charge in [-0.05, 0) is 45.1 Å². The molecule has 0 aliphatic carbocycles. The summed E-state index contributed by atoms with van der Waals surface area (Å²) in [5.41, 5.74) is 5.35. The molecule has 0 amide bonds. The molecule has 0 aromatic heterocycles. The van der Waals surface area contributed by atoms with E-state index in [1.165, 1.54) is 38.5 Å². The zero-order valence-corrected chi connectivity index (χ0v) is 18.1. The van der Waals surface area contributed by atoms with Crippen molar-refractivity contribution in [2.75, 3.05) is 13.2 Å². The first-order valence-electron chi connectivity index (χ1n) is 10.8. The van der Waals surface area contributed by atoms with Crippen molar-refractivity contribution in [1.82, 2.24) is 0 Å². The van der Waals surface area contributed by atoms with E-state index < -0.39 is 15.4 Å². The van der Waals surface area contributed by atoms with Gasteiger partial charge in [0, 0.05) is 6.42 Å². The van der Waals surface area contributed by atoms with Crippen LogP contribution in [0.1, 0.15) is 96.8 Å². The minimum atomic E-state index is -3.67. The van der Waals surface area contributed by atoms with Gasteiger partial charge >= 0.3 is 0 Å². The number of nitrogens with two attached hydrogens (primary N) is 1. The predicted octanol–water partition coefficient (Wildman–Crippen LogP) is 4.90. The average Bonchev–Trinajstić information content (AvgIpc) is 2.64. The Morgan fingerprint density at radius 1 is 0.889 bits per heavy atom. The first-order chi connectivity index (χ1) is 13.1. The molecular weight excluding hydrogens is 362 g/mol. The molecule has 0 saturated heterocycles. The Kier molecular flexibility index (Phi) is 18.1. The van der Waals surface area contributed by atoms with Crippen molar-refractivity contribution in [2.45, 2.75) is 102 Å². The maximum absolute atomic E-state index is 12.1. The van der Waals surface area contributed by atoms with Crippen LogP contribution in [0.4, 0.5) is 0 Å². The van der Waals surface area contributed by atoms with E-state index in [0.717, 1.165) is 32.1 Å². The van der Waals surface area contributed by atoms with Crippen LogP contribution in [0.5, 0.6) is 0 Å². The number of rotatable bonds is 20. The highest BCUT2D eigenvalue weighted by atomic mass is 32.2. The van der Waals surface area contributed by atoms with Gasteiger partial charge in [-0.3, -0.25) is 4.18 Å². The number of carbonyl (C=O) groups excluding carboxylic acids is 1. The molecule has 0 radical (unpaired) electrons. The van der Waals surface area contributed by atoms with Crippen molar-refractivity contribution in [2.24, 2.45) is 5.73 Å². The van der Waals surface area contributed by atoms with Gasteiger partial charge < -0.3 is 10.5 Å². The third kappa shape index (κ3) is 16.0. The second-order valence-electron chi connectivity index (χ2n) is 7.15. The number of hydrogen-bond acceptors (Lipinski definition) is 5. The average molecular weight is 404 g/mol. The molecule has 0 rings (SSSR count). The van der Waals surface area contributed by atoms with Gasteiger partial charge in [-0.25, -0.2) is 0 Å². The standard InChI is InChI=1S/C21H41NO4S/c1-2-3-4-5-6-7-8-9-10-11-12-13-14-16-21(17-19-23)27(24,25)26-20-15-18-22/h9-10,19,21H,2-8,11-18,20,22H2,1H3/b10-9-. The molecule has 1 unspecified atom stereocenters. The van der Waals surface area contributed by atoms with Gasteiger partial charge in [-0.2, -0.15) is 8.42 Å². The van der Waals surface area contributed by atoms with Crippen molar-refractivity contribution < 1.29 is 17.4 Å². The van der Waals surface area contributed by atoms with Gasteiger partial charge in [0.25, 0.3) is 10.1 Å². The molecule has 1 atom stereocenters. The minimum absolute atomic E-state index is 0.00309. The first kappa shape index (κ1) is 26.3. The number of unbranched alkanes of at least 4 members (excludes halogenated alkanes) is 9. The lowest BCUT2D eigenvalue weighted by Gasteiger charge is -2.14. The van der Waals surface area contributed by atoms with E-state index in [4.69, 9.17) is 9.92 Å². The molecule has 5 nitrogen and oxygen atoms in total. The molecule has 160 valence electrons. The smallest absolute Gasteiger partial charge is 0.270 e. The summed E-state index contributed by atoms with van der Waals surface area (Å²) in [5.74, 6) is 0. The predicted molar refractivity (Wildman–Crippen MR) is 113 cm³/mol. The normalized spacial score (nSPS) is 13.3. The van der Waals surface area contributed by atoms with Crippen LogP contribution < -0.4 is 5.73 Å². The van der Waals surface area contributed by atoms with E-state index in [1.54, 1.807) is 0 Å². The fourth-order valence-electron chi connectivity index (χ4n) is 2.93. The van der Waals surface area contributed by atoms with E-state index in [2.05, 4.69) is 19.1 Å². The molecular formula is C21H41NO4S. The van der Waals surface area contributed by atoms with Gasteiger partial charge in [0.05, 0.1) is 11.9 Å². The first-order valence-corrected chi connectivity index (χ1v) is 12.2. The van der Waals surface area contributed by atoms with Gasteiger partial charge in [0.2, 0.25) is 0 Å². The molecule has 0 aliphatic heterocycles. The molecule has 0 aliphatic rings. The topological polar surface area (TPSA) is 86.5 Å². The van der Waals surface area contributed by atoms with Crippen molar-refractivity contribution >= 4 is 16.4 Å². The van der Waals surface area contributed by atoms with Crippen molar-refractivity contribution in [1.29, 1.82) is 0 Å². The largest absolute Gasteiger partial charge is 0.330 e. The Morgan fingerprint density at radius 2 is 1.48 bits per heavy atom. The van der Waals surface area contributed by atoms with Crippen LogP contribution in [0.25, 0.3) is 0 Å². The molecule has 2 N–H and O–H groups in total. The Balaban J connectivity index is 3.80. The van der Waals surface area contributed by atoms with Crippen LogP contribution in [0.3, 0.4) is 0 Å². The Labute approximate surface area is 167 Å². The molecule has 0 fully saturated rings. The lowest BCUT2D eigenvalue weighted by molar-refractivity contribution is -0.107. The molecule has 0 heterocycles. The van der Waals surface area contributed by atoms with E-state index in [0.29, 0.717) is 25.7 Å². The van der Waals surface area contributed by atoms with Crippen molar-refractivity contribution in [3.05, 3.63) is 12.2 Å². The highest BCUT2D eigenvalue weighted by molar-refractivity contribution is 7.87. The molecule has 6 heteroatoms. The maximum atomic E-state index is 12.1. The Bertz CT molecular complexity index is 463. The van der Waals surface area contributed by atoms with Crippen LogP contribution in [0, 0.1) is 0 Å². The van der Waals surface area contributed by atoms with E-state index >= 15 is 0 Å². The number of allylic oxidation sites excluding steroid dienone is 2. The summed E-state index contributed by atoms with van der Waals surface area (Å²) in [6.45, 7) is 2.72. The number of aldehydes is 1. The lowest BCUT2D eigenvalue weighted by Crippen LogP contribution is -2.25. The summed E-state index contributed by atoms with van der Waals surface area (Å²) in [4.78, 5) is 10.8. The summed E-state index contributed by atoms with van der Waals surface area (Å²) in [7, 11) is -3.67. The molecule has 0 saturated carbocycles. The highest BCUT2D eigenvalue weighted by Crippen LogP contribution is 2.17. The van der Waals surface area contributed by atoms with Crippen LogP contribution in [-0.4, -0.2) is 33.1 Å². The van der Waals surface area contributed by atoms with E-state index in [1.807, 2.05) is 0 Å². The van der Waals surface area contributed by atoms with Gasteiger partial charge in [0.15, 0.2) is 0 Å². The summed E-state index contributed by atoms with van der Waals surface area (Å²) < 4.78 is 29.2. The summed E-state index contributed by atoms with van der Waals surface area (Å²) in [5, 5.41) is -0.726. The summed E-state index contributed by atoms with van der Waals surface area (Å²) in [6.07, 6.45) is 19.1. The minimum Gasteiger partial charge on any atom is -0.330 e. The molecule has 0 bridgehead atoms. The monoisotopic (exact) mass is 403 g/mol. The van der Waals surface area contributed by atoms with Crippen molar-refractivity contribution in [3.63, 3.8) is 0 Å². The Morgan fingerprint density at radius 3 is 2.07 bits per heavy atom. The van der Waals surface area contributed by atoms with Crippen LogP contribution in [-0.2, 0) is 19.1 Å². The SMILES string of the molecule is CCCCCCCC/C=C\CCCCCC(CC=O)S(=O)(=O)OCCCN. The fourth-order valence-corrected chi connectivity index (χ4v) is 4.24. The number of carbonyl (C=O) groups is 1. The lowest BCUT2D eigenvalue weighted by atomic mass is 10.1. The Hall–Kier alpha value is -0.720. The zero-order chi connectivity index (χ0) is 20.2. The van der Waals surface area contributed by atoms with Crippen LogP contribution >= 0.6 is 0 Å². The molecule has 0 spiro atoms. The maximum Gasteiger partial charge on any atom is 0.270 e. The van der Waals surface area contributed by atoms with Crippen molar-refractivity contribution in [3.8, 4) is 0 Å². The quantitative estimate of drug-likeness (QED) is 0.135. The van der Waals surface area contributed by atoms with E-state index in [9.17, 15) is 13.2 Å². The van der Waals surface area contributed by atoms with Crippen LogP contribution in [0.2, 0.25) is 0 Å². The van der Waals surface area contributed by atoms with Crippen LogP contribution in [0.15, 0.2) is 12.2 Å². The summed E-state index contributed by atoms with van der Waals surface area (Å²) >= 11 is 0. The zero-order valence-electron chi connectivity index (χ0n) is 17.2. The second-order valence-corrected chi connectivity index (χ2v) is 9.04. The third-order valence-corrected chi connectivity index (χ3v) is 6.39. The summed E-state index contributed by atoms with van der Waals surface area (Å²) in [6, 6.07) is 0. The highest BCUT2D eigenvalue weighted by Gasteiger charge is 2.25. The molecule has 27 heavy (non-hydrogen) atoms. The van der Waals surface area contributed by atoms with Gasteiger partial charge in [-0.15, -0.1) is 0 Å². The van der Waals surface area contributed by atoms with Gasteiger partial charge in [0.1, 0.15) is 6.29 Å². The molecule has 0 aromatic rings. The van der Waals surface area contributed by atoms with Gasteiger partial charge in [-0.1, -0.05) is 64.0 Å². The molecule has 0 aromatic carbocycles. The number of hydrogen-bond donors (Lipinski definition) is 1. The second kappa shape index (κ2) is 18.6. The third-order valence-electron chi connectivity index (χ3n) is 4.65. The fraction of sp³-hybridized carbons (Fsp3) is 0.857.